The van der Waals surface area contributed by atoms with E-state index in [0.29, 0.717) is 21.4 Å². The Morgan fingerprint density at radius 3 is 2.29 bits per heavy atom. The van der Waals surface area contributed by atoms with Crippen LogP contribution in [0.1, 0.15) is 11.1 Å². The van der Waals surface area contributed by atoms with E-state index in [1.165, 1.54) is 7.11 Å². The van der Waals surface area contributed by atoms with Crippen molar-refractivity contribution >= 4 is 45.6 Å². The van der Waals surface area contributed by atoms with Crippen LogP contribution in [0.25, 0.3) is 22.4 Å². The summed E-state index contributed by atoms with van der Waals surface area (Å²) in [6, 6.07) is 19.7. The normalized spacial score (nSPS) is 11.3. The average molecular weight is 354 g/mol. The molecule has 0 aliphatic rings. The molecule has 0 saturated heterocycles. The van der Waals surface area contributed by atoms with Crippen molar-refractivity contribution in [3.05, 3.63) is 75.8 Å². The summed E-state index contributed by atoms with van der Waals surface area (Å²) in [4.78, 5) is 0. The summed E-state index contributed by atoms with van der Waals surface area (Å²) in [5.41, 5.74) is 2.13. The van der Waals surface area contributed by atoms with Crippen LogP contribution >= 0.6 is 23.2 Å². The molecule has 0 bridgehead atoms. The maximum Gasteiger partial charge on any atom is 0.156 e. The molecule has 0 amide bonds. The third kappa shape index (κ3) is 3.23. The first-order valence-corrected chi connectivity index (χ1v) is 8.02. The number of halogens is 2. The van der Waals surface area contributed by atoms with Crippen molar-refractivity contribution in [3.8, 4) is 11.8 Å². The first kappa shape index (κ1) is 16.4. The first-order valence-electron chi connectivity index (χ1n) is 7.26. The lowest BCUT2D eigenvalue weighted by atomic mass is 10.00. The molecule has 3 aromatic rings. The number of ether oxygens (including phenoxy) is 1. The summed E-state index contributed by atoms with van der Waals surface area (Å²) in [5.74, 6) is 0.430. The predicted octanol–water partition coefficient (Wildman–Crippen LogP) is 6.22. The minimum Gasteiger partial charge on any atom is -0.494 e. The van der Waals surface area contributed by atoms with E-state index in [9.17, 15) is 5.26 Å². The lowest BCUT2D eigenvalue weighted by Gasteiger charge is -2.07. The second kappa shape index (κ2) is 6.97. The zero-order valence-corrected chi connectivity index (χ0v) is 14.4. The van der Waals surface area contributed by atoms with E-state index in [1.54, 1.807) is 18.2 Å². The number of rotatable bonds is 3. The van der Waals surface area contributed by atoms with Crippen molar-refractivity contribution in [3.63, 3.8) is 0 Å². The molecule has 0 saturated carbocycles. The van der Waals surface area contributed by atoms with Crippen molar-refractivity contribution in [1.29, 1.82) is 5.26 Å². The van der Waals surface area contributed by atoms with Crippen molar-refractivity contribution in [2.24, 2.45) is 0 Å². The maximum atomic E-state index is 9.54. The second-order valence-electron chi connectivity index (χ2n) is 5.25. The number of benzene rings is 3. The van der Waals surface area contributed by atoms with Gasteiger partial charge in [0.05, 0.1) is 28.8 Å². The van der Waals surface area contributed by atoms with E-state index in [1.807, 2.05) is 42.5 Å². The lowest BCUT2D eigenvalue weighted by molar-refractivity contribution is 0.415. The van der Waals surface area contributed by atoms with Crippen LogP contribution in [0.5, 0.6) is 5.75 Å². The molecule has 3 rings (SSSR count). The van der Waals surface area contributed by atoms with Crippen molar-refractivity contribution < 1.29 is 4.74 Å². The van der Waals surface area contributed by atoms with E-state index in [2.05, 4.69) is 6.07 Å². The quantitative estimate of drug-likeness (QED) is 0.413. The van der Waals surface area contributed by atoms with Crippen molar-refractivity contribution in [2.75, 3.05) is 7.11 Å². The van der Waals surface area contributed by atoms with Gasteiger partial charge in [-0.25, -0.2) is 0 Å². The molecule has 2 nitrogen and oxygen atoms in total. The predicted molar refractivity (Wildman–Crippen MR) is 100 cm³/mol. The SMILES string of the molecule is COc1c(Cl)cc(/C=C(/C#N)c2ccc3ccccc3c2)cc1Cl. The molecule has 0 heterocycles. The van der Waals surface area contributed by atoms with Gasteiger partial charge >= 0.3 is 0 Å². The Kier molecular flexibility index (Phi) is 4.76. The maximum absolute atomic E-state index is 9.54. The van der Waals surface area contributed by atoms with E-state index < -0.39 is 0 Å². The van der Waals surface area contributed by atoms with Gasteiger partial charge in [-0.05, 0) is 46.2 Å². The Bertz CT molecular complexity index is 963. The van der Waals surface area contributed by atoms with Crippen molar-refractivity contribution in [1.82, 2.24) is 0 Å². The number of allylic oxidation sites excluding steroid dienone is 1. The molecule has 0 aromatic heterocycles. The highest BCUT2D eigenvalue weighted by atomic mass is 35.5. The zero-order chi connectivity index (χ0) is 17.1. The van der Waals surface area contributed by atoms with Crippen LogP contribution in [0.3, 0.4) is 0 Å². The smallest absolute Gasteiger partial charge is 0.156 e. The fourth-order valence-corrected chi connectivity index (χ4v) is 3.22. The van der Waals surface area contributed by atoms with Crippen LogP contribution in [0.4, 0.5) is 0 Å². The van der Waals surface area contributed by atoms with Gasteiger partial charge in [-0.15, -0.1) is 0 Å². The summed E-state index contributed by atoms with van der Waals surface area (Å²) >= 11 is 12.3. The second-order valence-corrected chi connectivity index (χ2v) is 6.06. The summed E-state index contributed by atoms with van der Waals surface area (Å²) in [6.45, 7) is 0. The van der Waals surface area contributed by atoms with Crippen LogP contribution in [0.2, 0.25) is 10.0 Å². The number of methoxy groups -OCH3 is 1. The van der Waals surface area contributed by atoms with Gasteiger partial charge in [0.15, 0.2) is 5.75 Å². The van der Waals surface area contributed by atoms with Gasteiger partial charge in [-0.3, -0.25) is 0 Å². The topological polar surface area (TPSA) is 33.0 Å². The Balaban J connectivity index is 2.07. The fraction of sp³-hybridized carbons (Fsp3) is 0.0500. The van der Waals surface area contributed by atoms with Gasteiger partial charge < -0.3 is 4.74 Å². The molecule has 118 valence electrons. The summed E-state index contributed by atoms with van der Waals surface area (Å²) in [7, 11) is 1.51. The molecule has 4 heteroatoms. The molecule has 0 fully saturated rings. The highest BCUT2D eigenvalue weighted by molar-refractivity contribution is 6.37. The van der Waals surface area contributed by atoms with Crippen LogP contribution in [0, 0.1) is 11.3 Å². The Labute approximate surface area is 150 Å². The molecule has 24 heavy (non-hydrogen) atoms. The van der Waals surface area contributed by atoms with Gasteiger partial charge in [0.25, 0.3) is 0 Å². The molecular weight excluding hydrogens is 341 g/mol. The Hall–Kier alpha value is -2.47. The molecule has 0 aliphatic heterocycles. The largest absolute Gasteiger partial charge is 0.494 e. The highest BCUT2D eigenvalue weighted by Crippen LogP contribution is 2.35. The summed E-state index contributed by atoms with van der Waals surface area (Å²) in [6.07, 6.45) is 1.77. The lowest BCUT2D eigenvalue weighted by Crippen LogP contribution is -1.88. The van der Waals surface area contributed by atoms with Crippen LogP contribution in [-0.2, 0) is 0 Å². The molecular formula is C20H13Cl2NO. The third-order valence-corrected chi connectivity index (χ3v) is 4.28. The minimum atomic E-state index is 0.409. The van der Waals surface area contributed by atoms with E-state index >= 15 is 0 Å². The number of nitriles is 1. The van der Waals surface area contributed by atoms with Gasteiger partial charge in [0.1, 0.15) is 0 Å². The van der Waals surface area contributed by atoms with Gasteiger partial charge in [-0.1, -0.05) is 59.6 Å². The van der Waals surface area contributed by atoms with Gasteiger partial charge in [0, 0.05) is 0 Å². The summed E-state index contributed by atoms with van der Waals surface area (Å²) in [5, 5.41) is 12.6. The monoisotopic (exact) mass is 353 g/mol. The number of nitrogens with zero attached hydrogens (tertiary/aromatic N) is 1. The zero-order valence-electron chi connectivity index (χ0n) is 12.9. The molecule has 3 aromatic carbocycles. The number of hydrogen-bond acceptors (Lipinski definition) is 2. The Morgan fingerprint density at radius 1 is 1.00 bits per heavy atom. The molecule has 0 N–H and O–H groups in total. The molecule has 0 radical (unpaired) electrons. The van der Waals surface area contributed by atoms with E-state index in [4.69, 9.17) is 27.9 Å². The summed E-state index contributed by atoms with van der Waals surface area (Å²) < 4.78 is 5.15. The van der Waals surface area contributed by atoms with Crippen LogP contribution in [-0.4, -0.2) is 7.11 Å². The molecule has 0 atom stereocenters. The third-order valence-electron chi connectivity index (χ3n) is 3.72. The number of hydrogen-bond donors (Lipinski definition) is 0. The van der Waals surface area contributed by atoms with E-state index in [-0.39, 0.29) is 0 Å². The fourth-order valence-electron chi connectivity index (χ4n) is 2.56. The van der Waals surface area contributed by atoms with Crippen molar-refractivity contribution in [2.45, 2.75) is 0 Å². The number of fused-ring (bicyclic) bond motifs is 1. The first-order chi connectivity index (χ1) is 11.6. The van der Waals surface area contributed by atoms with Crippen LogP contribution in [0.15, 0.2) is 54.6 Å². The standard InChI is InChI=1S/C20H13Cl2NO/c1-24-20-18(21)9-13(10-19(20)22)8-17(12-23)16-7-6-14-4-2-3-5-15(14)11-16/h2-11H,1H3/b17-8-. The average Bonchev–Trinajstić information content (AvgIpc) is 2.59. The molecule has 0 spiro atoms. The minimum absolute atomic E-state index is 0.409. The van der Waals surface area contributed by atoms with E-state index in [0.717, 1.165) is 21.9 Å². The highest BCUT2D eigenvalue weighted by Gasteiger charge is 2.09. The molecule has 0 unspecified atom stereocenters. The van der Waals surface area contributed by atoms with Crippen LogP contribution < -0.4 is 4.74 Å². The molecule has 0 aliphatic carbocycles. The Morgan fingerprint density at radius 2 is 1.67 bits per heavy atom. The van der Waals surface area contributed by atoms with Gasteiger partial charge in [0.2, 0.25) is 0 Å². The van der Waals surface area contributed by atoms with Gasteiger partial charge in [-0.2, -0.15) is 5.26 Å².